The van der Waals surface area contributed by atoms with Crippen LogP contribution in [0.1, 0.15) is 18.4 Å². The molecule has 102 valence electrons. The number of hydrogen-bond acceptors (Lipinski definition) is 2. The third-order valence-corrected chi connectivity index (χ3v) is 4.33. The van der Waals surface area contributed by atoms with E-state index >= 15 is 0 Å². The number of aryl methyl sites for hydroxylation is 1. The van der Waals surface area contributed by atoms with E-state index in [1.165, 1.54) is 6.42 Å². The molecular formula is C15H21N3O. The van der Waals surface area contributed by atoms with Crippen molar-refractivity contribution in [3.05, 3.63) is 29.8 Å². The molecule has 19 heavy (non-hydrogen) atoms. The minimum Gasteiger partial charge on any atom is -0.324 e. The molecule has 0 bridgehead atoms. The van der Waals surface area contributed by atoms with Crippen molar-refractivity contribution in [1.82, 2.24) is 10.2 Å². The normalized spacial score (nSPS) is 26.1. The van der Waals surface area contributed by atoms with Crippen molar-refractivity contribution in [2.45, 2.75) is 19.8 Å². The molecule has 2 amide bonds. The molecule has 2 fully saturated rings. The van der Waals surface area contributed by atoms with E-state index in [1.807, 2.05) is 36.1 Å². The Labute approximate surface area is 114 Å². The van der Waals surface area contributed by atoms with Gasteiger partial charge in [0, 0.05) is 30.7 Å². The average molecular weight is 259 g/mol. The van der Waals surface area contributed by atoms with Gasteiger partial charge in [-0.15, -0.1) is 0 Å². The fourth-order valence-electron chi connectivity index (χ4n) is 3.18. The van der Waals surface area contributed by atoms with Crippen LogP contribution in [0.25, 0.3) is 0 Å². The van der Waals surface area contributed by atoms with Crippen molar-refractivity contribution in [3.8, 4) is 0 Å². The van der Waals surface area contributed by atoms with E-state index in [0.29, 0.717) is 5.41 Å². The zero-order valence-electron chi connectivity index (χ0n) is 11.4. The standard InChI is InChI=1S/C15H21N3O/c1-12-3-2-4-13(9-12)17-14(19)18-8-6-15(11-18)5-7-16-10-15/h2-4,9,16H,5-8,10-11H2,1H3,(H,17,19). The van der Waals surface area contributed by atoms with Crippen LogP contribution in [-0.2, 0) is 0 Å². The summed E-state index contributed by atoms with van der Waals surface area (Å²) >= 11 is 0. The van der Waals surface area contributed by atoms with Crippen molar-refractivity contribution in [1.29, 1.82) is 0 Å². The molecule has 3 rings (SSSR count). The number of nitrogens with zero attached hydrogens (tertiary/aromatic N) is 1. The lowest BCUT2D eigenvalue weighted by Gasteiger charge is -2.23. The topological polar surface area (TPSA) is 44.4 Å². The minimum absolute atomic E-state index is 0.0365. The molecule has 1 aromatic rings. The van der Waals surface area contributed by atoms with E-state index in [0.717, 1.165) is 43.9 Å². The first-order valence-corrected chi connectivity index (χ1v) is 7.00. The Morgan fingerprint density at radius 1 is 1.42 bits per heavy atom. The molecule has 4 heteroatoms. The van der Waals surface area contributed by atoms with Gasteiger partial charge in [0.2, 0.25) is 0 Å². The Morgan fingerprint density at radius 3 is 3.05 bits per heavy atom. The van der Waals surface area contributed by atoms with Crippen LogP contribution in [0, 0.1) is 12.3 Å². The van der Waals surface area contributed by atoms with Gasteiger partial charge < -0.3 is 15.5 Å². The van der Waals surface area contributed by atoms with Gasteiger partial charge in [0.25, 0.3) is 0 Å². The number of benzene rings is 1. The van der Waals surface area contributed by atoms with Crippen molar-refractivity contribution in [3.63, 3.8) is 0 Å². The van der Waals surface area contributed by atoms with Gasteiger partial charge in [-0.2, -0.15) is 0 Å². The predicted molar refractivity (Wildman–Crippen MR) is 76.3 cm³/mol. The Kier molecular flexibility index (Phi) is 3.19. The number of likely N-dealkylation sites (tertiary alicyclic amines) is 1. The number of hydrogen-bond donors (Lipinski definition) is 2. The van der Waals surface area contributed by atoms with E-state index in [9.17, 15) is 4.79 Å². The molecule has 2 aliphatic rings. The molecule has 2 aliphatic heterocycles. The molecule has 2 heterocycles. The second-order valence-corrected chi connectivity index (χ2v) is 5.90. The van der Waals surface area contributed by atoms with Crippen LogP contribution in [0.2, 0.25) is 0 Å². The maximum atomic E-state index is 12.3. The van der Waals surface area contributed by atoms with Gasteiger partial charge in [-0.05, 0) is 44.0 Å². The summed E-state index contributed by atoms with van der Waals surface area (Å²) in [6.45, 7) is 5.94. The van der Waals surface area contributed by atoms with Crippen molar-refractivity contribution >= 4 is 11.7 Å². The number of anilines is 1. The van der Waals surface area contributed by atoms with Crippen LogP contribution in [0.4, 0.5) is 10.5 Å². The Morgan fingerprint density at radius 2 is 2.32 bits per heavy atom. The van der Waals surface area contributed by atoms with Crippen LogP contribution >= 0.6 is 0 Å². The largest absolute Gasteiger partial charge is 0.324 e. The Hall–Kier alpha value is -1.55. The van der Waals surface area contributed by atoms with Crippen molar-refractivity contribution in [2.75, 3.05) is 31.5 Å². The molecule has 0 aliphatic carbocycles. The van der Waals surface area contributed by atoms with Crippen LogP contribution in [0.5, 0.6) is 0 Å². The number of nitrogens with one attached hydrogen (secondary N) is 2. The average Bonchev–Trinajstić information content (AvgIpc) is 3.00. The van der Waals surface area contributed by atoms with E-state index in [-0.39, 0.29) is 6.03 Å². The van der Waals surface area contributed by atoms with Gasteiger partial charge in [-0.25, -0.2) is 4.79 Å². The second-order valence-electron chi connectivity index (χ2n) is 5.90. The maximum Gasteiger partial charge on any atom is 0.321 e. The number of urea groups is 1. The first kappa shape index (κ1) is 12.5. The summed E-state index contributed by atoms with van der Waals surface area (Å²) in [6.07, 6.45) is 2.32. The zero-order chi connectivity index (χ0) is 13.3. The quantitative estimate of drug-likeness (QED) is 0.812. The number of carbonyl (C=O) groups is 1. The summed E-state index contributed by atoms with van der Waals surface area (Å²) in [5.41, 5.74) is 2.38. The molecule has 1 spiro atoms. The van der Waals surface area contributed by atoms with Gasteiger partial charge in [0.05, 0.1) is 0 Å². The smallest absolute Gasteiger partial charge is 0.321 e. The highest BCUT2D eigenvalue weighted by molar-refractivity contribution is 5.89. The molecular weight excluding hydrogens is 238 g/mol. The molecule has 1 aromatic carbocycles. The van der Waals surface area contributed by atoms with E-state index < -0.39 is 0 Å². The highest BCUT2D eigenvalue weighted by Crippen LogP contribution is 2.36. The maximum absolute atomic E-state index is 12.3. The molecule has 0 radical (unpaired) electrons. The lowest BCUT2D eigenvalue weighted by atomic mass is 9.87. The molecule has 1 unspecified atom stereocenters. The molecule has 2 saturated heterocycles. The van der Waals surface area contributed by atoms with Crippen LogP contribution in [-0.4, -0.2) is 37.1 Å². The van der Waals surface area contributed by atoms with Crippen LogP contribution in [0.15, 0.2) is 24.3 Å². The lowest BCUT2D eigenvalue weighted by Crippen LogP contribution is -2.36. The highest BCUT2D eigenvalue weighted by Gasteiger charge is 2.41. The summed E-state index contributed by atoms with van der Waals surface area (Å²) in [4.78, 5) is 14.2. The van der Waals surface area contributed by atoms with E-state index in [4.69, 9.17) is 0 Å². The highest BCUT2D eigenvalue weighted by atomic mass is 16.2. The number of amides is 2. The SMILES string of the molecule is Cc1cccc(NC(=O)N2CCC3(CCNC3)C2)c1. The second kappa shape index (κ2) is 4.85. The van der Waals surface area contributed by atoms with Crippen molar-refractivity contribution < 1.29 is 4.79 Å². The van der Waals surface area contributed by atoms with E-state index in [1.54, 1.807) is 0 Å². The number of rotatable bonds is 1. The van der Waals surface area contributed by atoms with Gasteiger partial charge in [0.15, 0.2) is 0 Å². The van der Waals surface area contributed by atoms with Gasteiger partial charge in [0.1, 0.15) is 0 Å². The third kappa shape index (κ3) is 2.59. The van der Waals surface area contributed by atoms with Gasteiger partial charge >= 0.3 is 6.03 Å². The monoisotopic (exact) mass is 259 g/mol. The summed E-state index contributed by atoms with van der Waals surface area (Å²) in [7, 11) is 0. The molecule has 0 aromatic heterocycles. The van der Waals surface area contributed by atoms with Gasteiger partial charge in [-0.3, -0.25) is 0 Å². The van der Waals surface area contributed by atoms with Crippen LogP contribution < -0.4 is 10.6 Å². The minimum atomic E-state index is 0.0365. The van der Waals surface area contributed by atoms with Gasteiger partial charge in [-0.1, -0.05) is 12.1 Å². The first-order valence-electron chi connectivity index (χ1n) is 7.00. The molecule has 4 nitrogen and oxygen atoms in total. The van der Waals surface area contributed by atoms with Crippen LogP contribution in [0.3, 0.4) is 0 Å². The van der Waals surface area contributed by atoms with Crippen molar-refractivity contribution in [2.24, 2.45) is 5.41 Å². The fraction of sp³-hybridized carbons (Fsp3) is 0.533. The molecule has 1 atom stereocenters. The Balaban J connectivity index is 1.62. The zero-order valence-corrected chi connectivity index (χ0v) is 11.4. The lowest BCUT2D eigenvalue weighted by molar-refractivity contribution is 0.215. The first-order chi connectivity index (χ1) is 9.17. The predicted octanol–water partition coefficient (Wildman–Crippen LogP) is 2.21. The summed E-state index contributed by atoms with van der Waals surface area (Å²) in [6, 6.07) is 7.98. The number of carbonyl (C=O) groups excluding carboxylic acids is 1. The fourth-order valence-corrected chi connectivity index (χ4v) is 3.18. The molecule has 0 saturated carbocycles. The summed E-state index contributed by atoms with van der Waals surface area (Å²) in [5, 5.41) is 6.41. The molecule has 2 N–H and O–H groups in total. The summed E-state index contributed by atoms with van der Waals surface area (Å²) < 4.78 is 0. The summed E-state index contributed by atoms with van der Waals surface area (Å²) in [5.74, 6) is 0. The van der Waals surface area contributed by atoms with E-state index in [2.05, 4.69) is 10.6 Å². The Bertz CT molecular complexity index is 480. The third-order valence-electron chi connectivity index (χ3n) is 4.33.